The second-order valence-electron chi connectivity index (χ2n) is 4.89. The van der Waals surface area contributed by atoms with Crippen molar-refractivity contribution in [3.05, 3.63) is 28.2 Å². The number of hydrogen-bond acceptors (Lipinski definition) is 3. The topological polar surface area (TPSA) is 35.2 Å². The Balaban J connectivity index is 1.92. The summed E-state index contributed by atoms with van der Waals surface area (Å²) in [6.07, 6.45) is 3.77. The van der Waals surface area contributed by atoms with Crippen LogP contribution in [-0.4, -0.2) is 24.5 Å². The summed E-state index contributed by atoms with van der Waals surface area (Å²) < 4.78 is 6.81. The molecule has 1 aromatic rings. The lowest BCUT2D eigenvalue weighted by Gasteiger charge is -2.11. The van der Waals surface area contributed by atoms with Crippen molar-refractivity contribution in [2.45, 2.75) is 43.2 Å². The minimum atomic E-state index is 0.210. The second-order valence-corrected chi connectivity index (χ2v) is 6.81. The Bertz CT molecular complexity index is 391. The predicted octanol–water partition coefficient (Wildman–Crippen LogP) is 3.61. The SMILES string of the molecule is CC(N)Cc1ccc(SCC2CCCO2)c(Br)c1. The fourth-order valence-corrected chi connectivity index (χ4v) is 3.88. The van der Waals surface area contributed by atoms with E-state index in [1.807, 2.05) is 18.7 Å². The van der Waals surface area contributed by atoms with Crippen LogP contribution in [0.15, 0.2) is 27.6 Å². The van der Waals surface area contributed by atoms with E-state index in [2.05, 4.69) is 34.1 Å². The van der Waals surface area contributed by atoms with Crippen molar-refractivity contribution in [2.75, 3.05) is 12.4 Å². The number of halogens is 1. The van der Waals surface area contributed by atoms with Gasteiger partial charge in [0.1, 0.15) is 0 Å². The van der Waals surface area contributed by atoms with Gasteiger partial charge in [-0.15, -0.1) is 11.8 Å². The van der Waals surface area contributed by atoms with Gasteiger partial charge in [-0.1, -0.05) is 6.07 Å². The quantitative estimate of drug-likeness (QED) is 0.838. The third-order valence-corrected chi connectivity index (χ3v) is 5.13. The third kappa shape index (κ3) is 4.26. The van der Waals surface area contributed by atoms with Crippen LogP contribution < -0.4 is 5.73 Å². The molecule has 2 nitrogen and oxygen atoms in total. The van der Waals surface area contributed by atoms with Crippen LogP contribution in [0.1, 0.15) is 25.3 Å². The van der Waals surface area contributed by atoms with Gasteiger partial charge in [0.2, 0.25) is 0 Å². The summed E-state index contributed by atoms with van der Waals surface area (Å²) in [6.45, 7) is 2.97. The molecule has 0 aromatic heterocycles. The maximum Gasteiger partial charge on any atom is 0.0669 e. The molecular formula is C14H20BrNOS. The van der Waals surface area contributed by atoms with Crippen LogP contribution in [0.3, 0.4) is 0 Å². The van der Waals surface area contributed by atoms with Crippen LogP contribution in [0.25, 0.3) is 0 Å². The fraction of sp³-hybridized carbons (Fsp3) is 0.571. The lowest BCUT2D eigenvalue weighted by Crippen LogP contribution is -2.17. The molecule has 2 unspecified atom stereocenters. The maximum absolute atomic E-state index is 5.82. The molecule has 0 amide bonds. The highest BCUT2D eigenvalue weighted by Gasteiger charge is 2.16. The fourth-order valence-electron chi connectivity index (χ4n) is 2.12. The largest absolute Gasteiger partial charge is 0.377 e. The number of benzene rings is 1. The Labute approximate surface area is 122 Å². The molecule has 1 aliphatic heterocycles. The first-order chi connectivity index (χ1) is 8.65. The van der Waals surface area contributed by atoms with Gasteiger partial charge in [0.15, 0.2) is 0 Å². The summed E-state index contributed by atoms with van der Waals surface area (Å²) in [6, 6.07) is 6.75. The monoisotopic (exact) mass is 329 g/mol. The first kappa shape index (κ1) is 14.4. The van der Waals surface area contributed by atoms with E-state index in [1.54, 1.807) is 0 Å². The maximum atomic E-state index is 5.82. The van der Waals surface area contributed by atoms with Crippen molar-refractivity contribution >= 4 is 27.7 Å². The van der Waals surface area contributed by atoms with Crippen molar-refractivity contribution in [2.24, 2.45) is 5.73 Å². The lowest BCUT2D eigenvalue weighted by atomic mass is 10.1. The Morgan fingerprint density at radius 3 is 3.00 bits per heavy atom. The van der Waals surface area contributed by atoms with Gasteiger partial charge in [0, 0.05) is 27.8 Å². The summed E-state index contributed by atoms with van der Waals surface area (Å²) in [7, 11) is 0. The number of nitrogens with two attached hydrogens (primary N) is 1. The summed E-state index contributed by atoms with van der Waals surface area (Å²) in [5, 5.41) is 0. The number of rotatable bonds is 5. The highest BCUT2D eigenvalue weighted by atomic mass is 79.9. The van der Waals surface area contributed by atoms with Gasteiger partial charge in [0.25, 0.3) is 0 Å². The van der Waals surface area contributed by atoms with Crippen molar-refractivity contribution in [3.8, 4) is 0 Å². The minimum Gasteiger partial charge on any atom is -0.377 e. The normalized spacial score (nSPS) is 21.2. The van der Waals surface area contributed by atoms with Crippen molar-refractivity contribution in [1.82, 2.24) is 0 Å². The molecule has 2 N–H and O–H groups in total. The smallest absolute Gasteiger partial charge is 0.0669 e. The molecule has 1 fully saturated rings. The van der Waals surface area contributed by atoms with Crippen LogP contribution in [0.5, 0.6) is 0 Å². The molecule has 0 saturated carbocycles. The van der Waals surface area contributed by atoms with E-state index in [0.717, 1.165) is 18.8 Å². The molecule has 2 atom stereocenters. The van der Waals surface area contributed by atoms with Crippen LogP contribution >= 0.6 is 27.7 Å². The van der Waals surface area contributed by atoms with Crippen molar-refractivity contribution < 1.29 is 4.74 Å². The van der Waals surface area contributed by atoms with Gasteiger partial charge in [-0.2, -0.15) is 0 Å². The molecule has 1 aromatic carbocycles. The molecule has 0 spiro atoms. The standard InChI is InChI=1S/C14H20BrNOS/c1-10(16)7-11-4-5-14(13(15)8-11)18-9-12-3-2-6-17-12/h4-5,8,10,12H,2-3,6-7,9,16H2,1H3. The molecule has 100 valence electrons. The zero-order chi connectivity index (χ0) is 13.0. The first-order valence-electron chi connectivity index (χ1n) is 6.43. The zero-order valence-corrected chi connectivity index (χ0v) is 13.1. The van der Waals surface area contributed by atoms with E-state index < -0.39 is 0 Å². The van der Waals surface area contributed by atoms with E-state index >= 15 is 0 Å². The number of thioether (sulfide) groups is 1. The summed E-state index contributed by atoms with van der Waals surface area (Å²) >= 11 is 5.51. The number of ether oxygens (including phenoxy) is 1. The molecule has 4 heteroatoms. The van der Waals surface area contributed by atoms with Gasteiger partial charge in [0.05, 0.1) is 6.10 Å². The molecule has 0 bridgehead atoms. The first-order valence-corrected chi connectivity index (χ1v) is 8.21. The van der Waals surface area contributed by atoms with Gasteiger partial charge < -0.3 is 10.5 Å². The number of hydrogen-bond donors (Lipinski definition) is 1. The van der Waals surface area contributed by atoms with E-state index in [4.69, 9.17) is 10.5 Å². The van der Waals surface area contributed by atoms with E-state index in [0.29, 0.717) is 6.10 Å². The van der Waals surface area contributed by atoms with Gasteiger partial charge in [-0.25, -0.2) is 0 Å². The van der Waals surface area contributed by atoms with Crippen LogP contribution in [-0.2, 0) is 11.2 Å². The molecule has 0 radical (unpaired) electrons. The second kappa shape index (κ2) is 6.94. The van der Waals surface area contributed by atoms with E-state index in [1.165, 1.54) is 27.8 Å². The van der Waals surface area contributed by atoms with E-state index in [-0.39, 0.29) is 6.04 Å². The Kier molecular flexibility index (Phi) is 5.55. The summed E-state index contributed by atoms with van der Waals surface area (Å²) in [5.74, 6) is 1.05. The summed E-state index contributed by atoms with van der Waals surface area (Å²) in [5.41, 5.74) is 7.11. The van der Waals surface area contributed by atoms with Gasteiger partial charge in [-0.3, -0.25) is 0 Å². The average molecular weight is 330 g/mol. The van der Waals surface area contributed by atoms with Crippen LogP contribution in [0, 0.1) is 0 Å². The van der Waals surface area contributed by atoms with E-state index in [9.17, 15) is 0 Å². The molecule has 1 saturated heterocycles. The molecular weight excluding hydrogens is 310 g/mol. The summed E-state index contributed by atoms with van der Waals surface area (Å²) in [4.78, 5) is 1.29. The lowest BCUT2D eigenvalue weighted by molar-refractivity contribution is 0.129. The molecule has 1 heterocycles. The molecule has 0 aliphatic carbocycles. The Morgan fingerprint density at radius 2 is 2.39 bits per heavy atom. The van der Waals surface area contributed by atoms with Crippen molar-refractivity contribution in [3.63, 3.8) is 0 Å². The molecule has 2 rings (SSSR count). The molecule has 1 aliphatic rings. The highest BCUT2D eigenvalue weighted by molar-refractivity contribution is 9.10. The Morgan fingerprint density at radius 1 is 1.56 bits per heavy atom. The average Bonchev–Trinajstić information content (AvgIpc) is 2.80. The third-order valence-electron chi connectivity index (χ3n) is 3.00. The van der Waals surface area contributed by atoms with Gasteiger partial charge in [-0.05, 0) is 59.8 Å². The van der Waals surface area contributed by atoms with Crippen molar-refractivity contribution in [1.29, 1.82) is 0 Å². The van der Waals surface area contributed by atoms with Crippen LogP contribution in [0.4, 0.5) is 0 Å². The molecule has 18 heavy (non-hydrogen) atoms. The minimum absolute atomic E-state index is 0.210. The highest BCUT2D eigenvalue weighted by Crippen LogP contribution is 2.31. The Hall–Kier alpha value is -0.0300. The van der Waals surface area contributed by atoms with Gasteiger partial charge >= 0.3 is 0 Å². The predicted molar refractivity (Wildman–Crippen MR) is 81.2 cm³/mol. The van der Waals surface area contributed by atoms with Crippen LogP contribution in [0.2, 0.25) is 0 Å². The zero-order valence-electron chi connectivity index (χ0n) is 10.7.